The van der Waals surface area contributed by atoms with Gasteiger partial charge >= 0.3 is 0 Å². The number of hydrogen-bond acceptors (Lipinski definition) is 2. The van der Waals surface area contributed by atoms with Gasteiger partial charge in [-0.1, -0.05) is 146 Å². The Balaban J connectivity index is 1.21. The standard InChI is InChI=1S/C50H34N2/c1-4-15-40(16-5-1)50(41-17-6-2-7-18-41)45-22-11-10-21-44(45)49-46(50)23-12-24-48(49)52(42-19-8-3-9-20-42)43-29-27-35-25-26-36(33-39(35)34-43)37-28-30-47-38(32-37)14-13-31-51-47/h1-34H. The molecule has 244 valence electrons. The van der Waals surface area contributed by atoms with Gasteiger partial charge in [-0.25, -0.2) is 0 Å². The molecule has 1 heterocycles. The van der Waals surface area contributed by atoms with Crippen molar-refractivity contribution in [2.24, 2.45) is 0 Å². The Morgan fingerprint density at radius 3 is 1.81 bits per heavy atom. The van der Waals surface area contributed by atoms with Crippen molar-refractivity contribution < 1.29 is 0 Å². The molecule has 0 radical (unpaired) electrons. The number of nitrogens with zero attached hydrogens (tertiary/aromatic N) is 2. The van der Waals surface area contributed by atoms with Gasteiger partial charge in [0.1, 0.15) is 0 Å². The van der Waals surface area contributed by atoms with Gasteiger partial charge in [0, 0.05) is 28.5 Å². The van der Waals surface area contributed by atoms with Gasteiger partial charge in [-0.2, -0.15) is 0 Å². The largest absolute Gasteiger partial charge is 0.310 e. The number of aromatic nitrogens is 1. The van der Waals surface area contributed by atoms with E-state index in [1.54, 1.807) is 0 Å². The maximum absolute atomic E-state index is 4.53. The zero-order valence-corrected chi connectivity index (χ0v) is 28.5. The zero-order chi connectivity index (χ0) is 34.5. The number of anilines is 3. The van der Waals surface area contributed by atoms with Crippen LogP contribution in [0.15, 0.2) is 206 Å². The number of hydrogen-bond donors (Lipinski definition) is 0. The zero-order valence-electron chi connectivity index (χ0n) is 28.5. The third kappa shape index (κ3) is 4.69. The Morgan fingerprint density at radius 1 is 0.404 bits per heavy atom. The van der Waals surface area contributed by atoms with E-state index in [0.29, 0.717) is 0 Å². The molecule has 8 aromatic carbocycles. The Labute approximate surface area is 303 Å². The molecule has 0 atom stereocenters. The van der Waals surface area contributed by atoms with Crippen LogP contribution in [0.3, 0.4) is 0 Å². The molecule has 0 N–H and O–H groups in total. The van der Waals surface area contributed by atoms with E-state index in [4.69, 9.17) is 0 Å². The summed E-state index contributed by atoms with van der Waals surface area (Å²) in [5.74, 6) is 0. The van der Waals surface area contributed by atoms with E-state index < -0.39 is 5.41 Å². The Hall–Kier alpha value is -6.77. The summed E-state index contributed by atoms with van der Waals surface area (Å²) in [4.78, 5) is 6.97. The highest BCUT2D eigenvalue weighted by molar-refractivity contribution is 5.99. The number of fused-ring (bicyclic) bond motifs is 5. The Bertz CT molecular complexity index is 2700. The third-order valence-electron chi connectivity index (χ3n) is 10.7. The minimum atomic E-state index is -0.472. The number of pyridine rings is 1. The molecule has 1 aromatic heterocycles. The Morgan fingerprint density at radius 2 is 1.04 bits per heavy atom. The van der Waals surface area contributed by atoms with E-state index >= 15 is 0 Å². The van der Waals surface area contributed by atoms with Crippen LogP contribution in [0.2, 0.25) is 0 Å². The Kier molecular flexibility index (Phi) is 7.07. The lowest BCUT2D eigenvalue weighted by Crippen LogP contribution is -2.28. The normalized spacial score (nSPS) is 12.8. The lowest BCUT2D eigenvalue weighted by molar-refractivity contribution is 0.768. The molecular weight excluding hydrogens is 629 g/mol. The minimum Gasteiger partial charge on any atom is -0.310 e. The highest BCUT2D eigenvalue weighted by atomic mass is 15.1. The molecular formula is C50H34N2. The number of rotatable bonds is 6. The first-order chi connectivity index (χ1) is 25.8. The molecule has 0 bridgehead atoms. The fraction of sp³-hybridized carbons (Fsp3) is 0.0200. The van der Waals surface area contributed by atoms with Crippen LogP contribution in [0.5, 0.6) is 0 Å². The lowest BCUT2D eigenvalue weighted by atomic mass is 9.68. The van der Waals surface area contributed by atoms with Gasteiger partial charge in [-0.05, 0) is 104 Å². The van der Waals surface area contributed by atoms with Crippen molar-refractivity contribution in [3.8, 4) is 22.3 Å². The summed E-state index contributed by atoms with van der Waals surface area (Å²) in [7, 11) is 0. The summed E-state index contributed by atoms with van der Waals surface area (Å²) in [6.45, 7) is 0. The summed E-state index contributed by atoms with van der Waals surface area (Å²) in [6, 6.07) is 73.0. The van der Waals surface area contributed by atoms with Crippen LogP contribution in [0.25, 0.3) is 43.9 Å². The predicted octanol–water partition coefficient (Wildman–Crippen LogP) is 12.9. The van der Waals surface area contributed by atoms with Crippen LogP contribution < -0.4 is 4.90 Å². The first kappa shape index (κ1) is 30.1. The first-order valence-electron chi connectivity index (χ1n) is 17.9. The molecule has 2 heteroatoms. The molecule has 10 rings (SSSR count). The fourth-order valence-corrected chi connectivity index (χ4v) is 8.47. The molecule has 9 aromatic rings. The molecule has 0 amide bonds. The topological polar surface area (TPSA) is 16.1 Å². The molecule has 52 heavy (non-hydrogen) atoms. The quantitative estimate of drug-likeness (QED) is 0.176. The summed E-state index contributed by atoms with van der Waals surface area (Å²) in [5.41, 5.74) is 13.9. The summed E-state index contributed by atoms with van der Waals surface area (Å²) in [5, 5.41) is 3.54. The third-order valence-corrected chi connectivity index (χ3v) is 10.7. The van der Waals surface area contributed by atoms with Crippen molar-refractivity contribution in [3.63, 3.8) is 0 Å². The first-order valence-corrected chi connectivity index (χ1v) is 17.9. The molecule has 1 aliphatic rings. The molecule has 0 unspecified atom stereocenters. The van der Waals surface area contributed by atoms with Gasteiger partial charge in [-0.3, -0.25) is 4.98 Å². The van der Waals surface area contributed by atoms with Crippen molar-refractivity contribution in [2.75, 3.05) is 4.90 Å². The summed E-state index contributed by atoms with van der Waals surface area (Å²) < 4.78 is 0. The van der Waals surface area contributed by atoms with Crippen LogP contribution in [-0.4, -0.2) is 4.98 Å². The molecule has 0 aliphatic heterocycles. The van der Waals surface area contributed by atoms with Gasteiger partial charge in [0.05, 0.1) is 16.6 Å². The van der Waals surface area contributed by atoms with Gasteiger partial charge in [0.2, 0.25) is 0 Å². The van der Waals surface area contributed by atoms with Gasteiger partial charge in [0.15, 0.2) is 0 Å². The summed E-state index contributed by atoms with van der Waals surface area (Å²) >= 11 is 0. The van der Waals surface area contributed by atoms with Gasteiger partial charge in [-0.15, -0.1) is 0 Å². The SMILES string of the molecule is c1ccc(N(c2ccc3ccc(-c4ccc5ncccc5c4)cc3c2)c2cccc3c2-c2ccccc2C3(c2ccccc2)c2ccccc2)cc1. The maximum atomic E-state index is 4.53. The van der Waals surface area contributed by atoms with E-state index in [1.165, 1.54) is 55.3 Å². The second kappa shape index (κ2) is 12.2. The van der Waals surface area contributed by atoms with Crippen molar-refractivity contribution in [1.82, 2.24) is 4.98 Å². The molecule has 0 saturated carbocycles. The van der Waals surface area contributed by atoms with E-state index in [2.05, 4.69) is 204 Å². The van der Waals surface area contributed by atoms with Crippen LogP contribution >= 0.6 is 0 Å². The number of para-hydroxylation sites is 1. The lowest BCUT2D eigenvalue weighted by Gasteiger charge is -2.34. The molecule has 1 aliphatic carbocycles. The number of benzene rings is 8. The predicted molar refractivity (Wildman–Crippen MR) is 217 cm³/mol. The average Bonchev–Trinajstić information content (AvgIpc) is 3.53. The van der Waals surface area contributed by atoms with Crippen LogP contribution in [-0.2, 0) is 5.41 Å². The van der Waals surface area contributed by atoms with Crippen molar-refractivity contribution in [1.29, 1.82) is 0 Å². The van der Waals surface area contributed by atoms with E-state index in [9.17, 15) is 0 Å². The highest BCUT2D eigenvalue weighted by Crippen LogP contribution is 2.59. The second-order valence-electron chi connectivity index (χ2n) is 13.6. The van der Waals surface area contributed by atoms with E-state index in [0.717, 1.165) is 28.0 Å². The highest BCUT2D eigenvalue weighted by Gasteiger charge is 2.47. The average molecular weight is 663 g/mol. The van der Waals surface area contributed by atoms with Gasteiger partial charge < -0.3 is 4.90 Å². The van der Waals surface area contributed by atoms with Crippen molar-refractivity contribution in [3.05, 3.63) is 229 Å². The summed E-state index contributed by atoms with van der Waals surface area (Å²) in [6.07, 6.45) is 1.85. The minimum absolute atomic E-state index is 0.472. The second-order valence-corrected chi connectivity index (χ2v) is 13.6. The molecule has 2 nitrogen and oxygen atoms in total. The maximum Gasteiger partial charge on any atom is 0.0714 e. The monoisotopic (exact) mass is 662 g/mol. The van der Waals surface area contributed by atoms with Crippen molar-refractivity contribution >= 4 is 38.7 Å². The smallest absolute Gasteiger partial charge is 0.0714 e. The van der Waals surface area contributed by atoms with E-state index in [-0.39, 0.29) is 0 Å². The van der Waals surface area contributed by atoms with Gasteiger partial charge in [0.25, 0.3) is 0 Å². The van der Waals surface area contributed by atoms with Crippen LogP contribution in [0, 0.1) is 0 Å². The van der Waals surface area contributed by atoms with Crippen molar-refractivity contribution in [2.45, 2.75) is 5.41 Å². The van der Waals surface area contributed by atoms with Crippen LogP contribution in [0.4, 0.5) is 17.1 Å². The van der Waals surface area contributed by atoms with Crippen LogP contribution in [0.1, 0.15) is 22.3 Å². The molecule has 0 fully saturated rings. The molecule has 0 saturated heterocycles. The fourth-order valence-electron chi connectivity index (χ4n) is 8.47. The van der Waals surface area contributed by atoms with E-state index in [1.807, 2.05) is 12.3 Å². The molecule has 0 spiro atoms.